The molecule has 1 fully saturated rings. The van der Waals surface area contributed by atoms with E-state index in [1.165, 1.54) is 7.11 Å². The van der Waals surface area contributed by atoms with Crippen LogP contribution in [0.15, 0.2) is 52.1 Å². The van der Waals surface area contributed by atoms with Gasteiger partial charge in [0.1, 0.15) is 5.76 Å². The van der Waals surface area contributed by atoms with Gasteiger partial charge in [0.25, 0.3) is 0 Å². The number of benzene rings is 1. The average molecular weight is 429 g/mol. The molecule has 1 aromatic heterocycles. The van der Waals surface area contributed by atoms with E-state index >= 15 is 0 Å². The molecule has 0 atom stereocenters. The van der Waals surface area contributed by atoms with Gasteiger partial charge in [-0.25, -0.2) is 9.79 Å². The van der Waals surface area contributed by atoms with Gasteiger partial charge in [-0.05, 0) is 42.8 Å². The molecule has 8 nitrogen and oxygen atoms in total. The lowest BCUT2D eigenvalue weighted by Crippen LogP contribution is -2.41. The molecule has 8 heteroatoms. The minimum atomic E-state index is -0.336. The van der Waals surface area contributed by atoms with Crippen LogP contribution in [0.5, 0.6) is 0 Å². The Morgan fingerprint density at radius 1 is 1.13 bits per heavy atom. The Morgan fingerprint density at radius 3 is 2.61 bits per heavy atom. The van der Waals surface area contributed by atoms with E-state index in [9.17, 15) is 4.79 Å². The fraction of sp³-hybridized carbons (Fsp3) is 0.478. The van der Waals surface area contributed by atoms with Crippen LogP contribution in [0.1, 0.15) is 28.1 Å². The molecular formula is C23H32N4O4. The van der Waals surface area contributed by atoms with Crippen molar-refractivity contribution in [3.63, 3.8) is 0 Å². The van der Waals surface area contributed by atoms with E-state index in [-0.39, 0.29) is 5.97 Å². The third kappa shape index (κ3) is 8.07. The predicted molar refractivity (Wildman–Crippen MR) is 119 cm³/mol. The molecule has 1 aliphatic heterocycles. The van der Waals surface area contributed by atoms with E-state index in [2.05, 4.69) is 15.5 Å². The summed E-state index contributed by atoms with van der Waals surface area (Å²) in [5.74, 6) is 1.38. The predicted octanol–water partition coefficient (Wildman–Crippen LogP) is 2.07. The zero-order valence-corrected chi connectivity index (χ0v) is 18.1. The van der Waals surface area contributed by atoms with Gasteiger partial charge < -0.3 is 24.5 Å². The number of nitrogens with zero attached hydrogens (tertiary/aromatic N) is 2. The molecule has 0 saturated carbocycles. The highest BCUT2D eigenvalue weighted by atomic mass is 16.5. The van der Waals surface area contributed by atoms with E-state index in [0.29, 0.717) is 12.1 Å². The number of nitrogens with one attached hydrogen (secondary N) is 2. The van der Waals surface area contributed by atoms with Gasteiger partial charge in [-0.3, -0.25) is 4.90 Å². The summed E-state index contributed by atoms with van der Waals surface area (Å²) in [5.41, 5.74) is 1.56. The summed E-state index contributed by atoms with van der Waals surface area (Å²) < 4.78 is 15.5. The Bertz CT molecular complexity index is 799. The topological polar surface area (TPSA) is 88.3 Å². The highest BCUT2D eigenvalue weighted by Crippen LogP contribution is 2.07. The number of hydrogen-bond acceptors (Lipinski definition) is 6. The summed E-state index contributed by atoms with van der Waals surface area (Å²) >= 11 is 0. The smallest absolute Gasteiger partial charge is 0.337 e. The molecule has 168 valence electrons. The van der Waals surface area contributed by atoms with Crippen LogP contribution in [0.2, 0.25) is 0 Å². The van der Waals surface area contributed by atoms with Crippen molar-refractivity contribution < 1.29 is 18.7 Å². The highest BCUT2D eigenvalue weighted by molar-refractivity contribution is 5.89. The lowest BCUT2D eigenvalue weighted by Gasteiger charge is -2.26. The van der Waals surface area contributed by atoms with Gasteiger partial charge in [0.15, 0.2) is 5.96 Å². The van der Waals surface area contributed by atoms with Gasteiger partial charge in [-0.2, -0.15) is 0 Å². The number of carbonyl (C=O) groups is 1. The molecule has 31 heavy (non-hydrogen) atoms. The van der Waals surface area contributed by atoms with E-state index in [1.807, 2.05) is 24.3 Å². The molecule has 1 aromatic carbocycles. The molecule has 0 spiro atoms. The second-order valence-corrected chi connectivity index (χ2v) is 7.34. The van der Waals surface area contributed by atoms with Crippen LogP contribution < -0.4 is 10.6 Å². The average Bonchev–Trinajstić information content (AvgIpc) is 3.34. The minimum absolute atomic E-state index is 0.336. The Balaban J connectivity index is 1.49. The van der Waals surface area contributed by atoms with Crippen LogP contribution in [0.4, 0.5) is 0 Å². The van der Waals surface area contributed by atoms with Crippen LogP contribution in [0.3, 0.4) is 0 Å². The molecule has 2 aromatic rings. The lowest BCUT2D eigenvalue weighted by molar-refractivity contribution is 0.0376. The van der Waals surface area contributed by atoms with Crippen molar-refractivity contribution in [1.82, 2.24) is 15.5 Å². The fourth-order valence-electron chi connectivity index (χ4n) is 3.30. The Kier molecular flexibility index (Phi) is 9.40. The van der Waals surface area contributed by atoms with Crippen molar-refractivity contribution in [2.75, 3.05) is 53.0 Å². The number of methoxy groups -OCH3 is 1. The first-order valence-electron chi connectivity index (χ1n) is 10.8. The third-order valence-corrected chi connectivity index (χ3v) is 5.09. The van der Waals surface area contributed by atoms with Crippen LogP contribution in [0.25, 0.3) is 0 Å². The molecule has 3 rings (SSSR count). The van der Waals surface area contributed by atoms with Gasteiger partial charge in [0.2, 0.25) is 0 Å². The molecule has 2 N–H and O–H groups in total. The fourth-order valence-corrected chi connectivity index (χ4v) is 3.30. The number of morpholine rings is 1. The number of rotatable bonds is 10. The Hall–Kier alpha value is -2.84. The minimum Gasteiger partial charge on any atom is -0.469 e. The number of carbonyl (C=O) groups excluding carboxylic acids is 1. The highest BCUT2D eigenvalue weighted by Gasteiger charge is 2.09. The number of guanidine groups is 1. The van der Waals surface area contributed by atoms with Crippen LogP contribution in [0, 0.1) is 0 Å². The van der Waals surface area contributed by atoms with Crippen LogP contribution >= 0.6 is 0 Å². The summed E-state index contributed by atoms with van der Waals surface area (Å²) in [6, 6.07) is 11.2. The SMILES string of the molecule is COC(=O)c1ccc(CN=C(NCCCN2CCOCC2)NCCc2ccco2)cc1. The zero-order chi connectivity index (χ0) is 21.7. The Morgan fingerprint density at radius 2 is 1.90 bits per heavy atom. The first-order valence-corrected chi connectivity index (χ1v) is 10.8. The standard InChI is InChI=1S/C23H32N4O4/c1-29-22(28)20-7-5-19(6-8-20)18-26-23(25-11-9-21-4-2-15-31-21)24-10-3-12-27-13-16-30-17-14-27/h2,4-8,15H,3,9-14,16-18H2,1H3,(H2,24,25,26). The zero-order valence-electron chi connectivity index (χ0n) is 18.1. The van der Waals surface area contributed by atoms with Gasteiger partial charge >= 0.3 is 5.97 Å². The van der Waals surface area contributed by atoms with Crippen molar-refractivity contribution in [2.24, 2.45) is 4.99 Å². The van der Waals surface area contributed by atoms with Gasteiger partial charge in [0, 0.05) is 32.6 Å². The second kappa shape index (κ2) is 12.8. The molecular weight excluding hydrogens is 396 g/mol. The Labute approximate surface area is 183 Å². The number of hydrogen-bond donors (Lipinski definition) is 2. The molecule has 0 radical (unpaired) electrons. The summed E-state index contributed by atoms with van der Waals surface area (Å²) in [6.45, 7) is 6.78. The normalized spacial score (nSPS) is 14.9. The van der Waals surface area contributed by atoms with Crippen LogP contribution in [-0.4, -0.2) is 69.9 Å². The lowest BCUT2D eigenvalue weighted by atomic mass is 10.1. The van der Waals surface area contributed by atoms with Gasteiger partial charge in [0.05, 0.1) is 38.7 Å². The van der Waals surface area contributed by atoms with Crippen molar-refractivity contribution in [3.05, 3.63) is 59.5 Å². The van der Waals surface area contributed by atoms with Gasteiger partial charge in [-0.1, -0.05) is 12.1 Å². The molecule has 0 amide bonds. The van der Waals surface area contributed by atoms with Crippen LogP contribution in [-0.2, 0) is 22.4 Å². The first kappa shape index (κ1) is 22.8. The van der Waals surface area contributed by atoms with Crippen molar-refractivity contribution in [2.45, 2.75) is 19.4 Å². The number of furan rings is 1. The molecule has 2 heterocycles. The molecule has 0 aliphatic carbocycles. The number of ether oxygens (including phenoxy) is 2. The van der Waals surface area contributed by atoms with Crippen molar-refractivity contribution >= 4 is 11.9 Å². The molecule has 0 unspecified atom stereocenters. The number of aliphatic imine (C=N–C) groups is 1. The molecule has 1 saturated heterocycles. The maximum Gasteiger partial charge on any atom is 0.337 e. The summed E-state index contributed by atoms with van der Waals surface area (Å²) in [4.78, 5) is 18.7. The summed E-state index contributed by atoms with van der Waals surface area (Å²) in [6.07, 6.45) is 3.51. The summed E-state index contributed by atoms with van der Waals surface area (Å²) in [7, 11) is 1.38. The van der Waals surface area contributed by atoms with E-state index in [0.717, 1.165) is 76.1 Å². The van der Waals surface area contributed by atoms with Gasteiger partial charge in [-0.15, -0.1) is 0 Å². The quantitative estimate of drug-likeness (QED) is 0.259. The third-order valence-electron chi connectivity index (χ3n) is 5.09. The monoisotopic (exact) mass is 428 g/mol. The van der Waals surface area contributed by atoms with Crippen molar-refractivity contribution in [3.8, 4) is 0 Å². The van der Waals surface area contributed by atoms with Crippen molar-refractivity contribution in [1.29, 1.82) is 0 Å². The van der Waals surface area contributed by atoms with E-state index in [4.69, 9.17) is 18.9 Å². The largest absolute Gasteiger partial charge is 0.469 e. The molecule has 0 bridgehead atoms. The second-order valence-electron chi connectivity index (χ2n) is 7.34. The maximum atomic E-state index is 11.6. The van der Waals surface area contributed by atoms with E-state index < -0.39 is 0 Å². The van der Waals surface area contributed by atoms with E-state index in [1.54, 1.807) is 18.4 Å². The summed E-state index contributed by atoms with van der Waals surface area (Å²) in [5, 5.41) is 6.80. The number of esters is 1. The molecule has 1 aliphatic rings. The first-order chi connectivity index (χ1) is 15.2. The maximum absolute atomic E-state index is 11.6.